The third-order valence-corrected chi connectivity index (χ3v) is 2.70. The van der Waals surface area contributed by atoms with E-state index in [2.05, 4.69) is 10.5 Å². The van der Waals surface area contributed by atoms with E-state index in [-0.39, 0.29) is 17.1 Å². The van der Waals surface area contributed by atoms with Crippen LogP contribution in [-0.4, -0.2) is 22.3 Å². The number of carbonyl (C=O) groups is 1. The minimum absolute atomic E-state index is 0.0885. The lowest BCUT2D eigenvalue weighted by Gasteiger charge is -2.02. The Morgan fingerprint density at radius 2 is 1.90 bits per heavy atom. The first-order valence-electron chi connectivity index (χ1n) is 5.99. The molecule has 3 N–H and O–H groups in total. The topological polar surface area (TPSA) is 81.9 Å². The van der Waals surface area contributed by atoms with Gasteiger partial charge >= 0.3 is 0 Å². The molecular formula is C15H14N2O3. The highest BCUT2D eigenvalue weighted by Gasteiger charge is 2.08. The quantitative estimate of drug-likeness (QED) is 0.590. The predicted octanol–water partition coefficient (Wildman–Crippen LogP) is 2.17. The fourth-order valence-corrected chi connectivity index (χ4v) is 1.65. The van der Waals surface area contributed by atoms with Gasteiger partial charge in [0.2, 0.25) is 0 Å². The van der Waals surface area contributed by atoms with Crippen molar-refractivity contribution in [3.63, 3.8) is 0 Å². The first kappa shape index (κ1) is 13.6. The van der Waals surface area contributed by atoms with Crippen LogP contribution in [0.2, 0.25) is 0 Å². The first-order chi connectivity index (χ1) is 9.58. The maximum atomic E-state index is 11.7. The number of hydrogen-bond donors (Lipinski definition) is 3. The van der Waals surface area contributed by atoms with Crippen molar-refractivity contribution in [2.75, 3.05) is 0 Å². The number of hydrazone groups is 1. The summed E-state index contributed by atoms with van der Waals surface area (Å²) in [7, 11) is 0. The number of nitrogens with zero attached hydrogens (tertiary/aromatic N) is 1. The van der Waals surface area contributed by atoms with Crippen molar-refractivity contribution in [3.8, 4) is 11.5 Å². The lowest BCUT2D eigenvalue weighted by Crippen LogP contribution is -2.17. The number of rotatable bonds is 3. The molecule has 102 valence electrons. The SMILES string of the molecule is Cc1ccc(/C=N/NC(=O)c2ccccc2O)c(O)c1. The van der Waals surface area contributed by atoms with E-state index in [1.165, 1.54) is 18.3 Å². The van der Waals surface area contributed by atoms with Gasteiger partial charge in [0, 0.05) is 5.56 Å². The molecule has 0 aromatic heterocycles. The second kappa shape index (κ2) is 5.88. The van der Waals surface area contributed by atoms with Crippen molar-refractivity contribution in [2.45, 2.75) is 6.92 Å². The van der Waals surface area contributed by atoms with E-state index < -0.39 is 5.91 Å². The molecule has 0 spiro atoms. The molecule has 1 amide bonds. The Bertz CT molecular complexity index is 666. The summed E-state index contributed by atoms with van der Waals surface area (Å²) in [6.07, 6.45) is 1.34. The smallest absolute Gasteiger partial charge is 0.275 e. The highest BCUT2D eigenvalue weighted by Crippen LogP contribution is 2.17. The van der Waals surface area contributed by atoms with Crippen molar-refractivity contribution >= 4 is 12.1 Å². The molecule has 0 saturated heterocycles. The summed E-state index contributed by atoms with van der Waals surface area (Å²) in [4.78, 5) is 11.7. The molecular weight excluding hydrogens is 256 g/mol. The Morgan fingerprint density at radius 3 is 2.60 bits per heavy atom. The molecule has 2 aromatic rings. The highest BCUT2D eigenvalue weighted by molar-refractivity contribution is 5.97. The van der Waals surface area contributed by atoms with Crippen LogP contribution >= 0.6 is 0 Å². The van der Waals surface area contributed by atoms with Gasteiger partial charge < -0.3 is 10.2 Å². The van der Waals surface area contributed by atoms with Gasteiger partial charge in [-0.1, -0.05) is 18.2 Å². The van der Waals surface area contributed by atoms with Gasteiger partial charge in [-0.25, -0.2) is 5.43 Å². The second-order valence-corrected chi connectivity index (χ2v) is 4.28. The van der Waals surface area contributed by atoms with Gasteiger partial charge in [-0.3, -0.25) is 4.79 Å². The molecule has 0 saturated carbocycles. The lowest BCUT2D eigenvalue weighted by molar-refractivity contribution is 0.0952. The third kappa shape index (κ3) is 3.14. The van der Waals surface area contributed by atoms with Crippen LogP contribution in [0.3, 0.4) is 0 Å². The number of nitrogens with one attached hydrogen (secondary N) is 1. The first-order valence-corrected chi connectivity index (χ1v) is 5.99. The number of phenolic OH excluding ortho intramolecular Hbond substituents is 2. The molecule has 0 bridgehead atoms. The van der Waals surface area contributed by atoms with Crippen LogP contribution < -0.4 is 5.43 Å². The van der Waals surface area contributed by atoms with Crippen molar-refractivity contribution in [3.05, 3.63) is 59.2 Å². The second-order valence-electron chi connectivity index (χ2n) is 4.28. The van der Waals surface area contributed by atoms with Crippen LogP contribution in [0.15, 0.2) is 47.6 Å². The number of hydrogen-bond acceptors (Lipinski definition) is 4. The van der Waals surface area contributed by atoms with Crippen LogP contribution in [0.25, 0.3) is 0 Å². The molecule has 0 heterocycles. The van der Waals surface area contributed by atoms with Crippen molar-refractivity contribution in [1.82, 2.24) is 5.43 Å². The number of aromatic hydroxyl groups is 2. The van der Waals surface area contributed by atoms with E-state index in [1.807, 2.05) is 13.0 Å². The van der Waals surface area contributed by atoms with Crippen LogP contribution in [0.4, 0.5) is 0 Å². The number of para-hydroxylation sites is 1. The average Bonchev–Trinajstić information content (AvgIpc) is 2.41. The number of amides is 1. The zero-order valence-corrected chi connectivity index (χ0v) is 10.9. The molecule has 0 aliphatic rings. The standard InChI is InChI=1S/C15H14N2O3/c1-10-6-7-11(14(19)8-10)9-16-17-15(20)12-4-2-3-5-13(12)18/h2-9,18-19H,1H3,(H,17,20)/b16-9+. The number of benzene rings is 2. The average molecular weight is 270 g/mol. The van der Waals surface area contributed by atoms with E-state index >= 15 is 0 Å². The van der Waals surface area contributed by atoms with Crippen molar-refractivity contribution in [2.24, 2.45) is 5.10 Å². The van der Waals surface area contributed by atoms with E-state index in [0.29, 0.717) is 5.56 Å². The van der Waals surface area contributed by atoms with Gasteiger partial charge in [0.05, 0.1) is 11.8 Å². The van der Waals surface area contributed by atoms with E-state index in [0.717, 1.165) is 5.56 Å². The molecule has 2 aromatic carbocycles. The fraction of sp³-hybridized carbons (Fsp3) is 0.0667. The van der Waals surface area contributed by atoms with Gasteiger partial charge in [-0.05, 0) is 36.8 Å². The predicted molar refractivity (Wildman–Crippen MR) is 76.0 cm³/mol. The summed E-state index contributed by atoms with van der Waals surface area (Å²) in [5.41, 5.74) is 3.85. The van der Waals surface area contributed by atoms with Gasteiger partial charge in [-0.15, -0.1) is 0 Å². The molecule has 2 rings (SSSR count). The molecule has 20 heavy (non-hydrogen) atoms. The molecule has 5 nitrogen and oxygen atoms in total. The zero-order valence-electron chi connectivity index (χ0n) is 10.9. The summed E-state index contributed by atoms with van der Waals surface area (Å²) >= 11 is 0. The number of carbonyl (C=O) groups excluding carboxylic acids is 1. The highest BCUT2D eigenvalue weighted by atomic mass is 16.3. The van der Waals surface area contributed by atoms with E-state index in [4.69, 9.17) is 0 Å². The maximum absolute atomic E-state index is 11.7. The van der Waals surface area contributed by atoms with Gasteiger partial charge in [0.25, 0.3) is 5.91 Å². The maximum Gasteiger partial charge on any atom is 0.275 e. The molecule has 0 aliphatic carbocycles. The van der Waals surface area contributed by atoms with E-state index in [9.17, 15) is 15.0 Å². The molecule has 0 atom stereocenters. The molecule has 5 heteroatoms. The van der Waals surface area contributed by atoms with Crippen LogP contribution in [0, 0.1) is 6.92 Å². The molecule has 0 radical (unpaired) electrons. The summed E-state index contributed by atoms with van der Waals surface area (Å²) < 4.78 is 0. The van der Waals surface area contributed by atoms with Crippen LogP contribution in [-0.2, 0) is 0 Å². The molecule has 0 unspecified atom stereocenters. The summed E-state index contributed by atoms with van der Waals surface area (Å²) in [6.45, 7) is 1.86. The number of aryl methyl sites for hydroxylation is 1. The minimum Gasteiger partial charge on any atom is -0.507 e. The Balaban J connectivity index is 2.07. The monoisotopic (exact) mass is 270 g/mol. The van der Waals surface area contributed by atoms with E-state index in [1.54, 1.807) is 24.3 Å². The van der Waals surface area contributed by atoms with Crippen LogP contribution in [0.5, 0.6) is 11.5 Å². The normalized spacial score (nSPS) is 10.7. The zero-order chi connectivity index (χ0) is 14.5. The summed E-state index contributed by atoms with van der Waals surface area (Å²) in [6, 6.07) is 11.3. The third-order valence-electron chi connectivity index (χ3n) is 2.70. The van der Waals surface area contributed by atoms with Crippen molar-refractivity contribution < 1.29 is 15.0 Å². The summed E-state index contributed by atoms with van der Waals surface area (Å²) in [5, 5.41) is 22.9. The van der Waals surface area contributed by atoms with Crippen molar-refractivity contribution in [1.29, 1.82) is 0 Å². The van der Waals surface area contributed by atoms with Gasteiger partial charge in [0.1, 0.15) is 11.5 Å². The Morgan fingerprint density at radius 1 is 1.15 bits per heavy atom. The fourth-order valence-electron chi connectivity index (χ4n) is 1.65. The Kier molecular flexibility index (Phi) is 4.00. The van der Waals surface area contributed by atoms with Gasteiger partial charge in [0.15, 0.2) is 0 Å². The lowest BCUT2D eigenvalue weighted by atomic mass is 10.1. The Labute approximate surface area is 116 Å². The number of phenols is 2. The molecule has 0 fully saturated rings. The largest absolute Gasteiger partial charge is 0.507 e. The minimum atomic E-state index is -0.522. The van der Waals surface area contributed by atoms with Gasteiger partial charge in [-0.2, -0.15) is 5.10 Å². The summed E-state index contributed by atoms with van der Waals surface area (Å²) in [5.74, 6) is -0.546. The molecule has 0 aliphatic heterocycles. The Hall–Kier alpha value is -2.82. The van der Waals surface area contributed by atoms with Crippen LogP contribution in [0.1, 0.15) is 21.5 Å².